The van der Waals surface area contributed by atoms with Gasteiger partial charge in [-0.15, -0.1) is 0 Å². The number of carbonyl (C=O) groups excluding carboxylic acids is 1. The van der Waals surface area contributed by atoms with Crippen LogP contribution in [0.5, 0.6) is 0 Å². The number of carbonyl (C=O) groups is 2. The monoisotopic (exact) mass is 243 g/mol. The van der Waals surface area contributed by atoms with E-state index in [4.69, 9.17) is 5.11 Å². The zero-order valence-corrected chi connectivity index (χ0v) is 9.88. The van der Waals surface area contributed by atoms with E-state index in [1.807, 2.05) is 0 Å². The Labute approximate surface area is 104 Å². The topological polar surface area (TPSA) is 70.2 Å². The van der Waals surface area contributed by atoms with Crippen molar-refractivity contribution in [1.82, 2.24) is 4.98 Å². The lowest BCUT2D eigenvalue weighted by molar-refractivity contribution is -0.138. The number of hydrogen-bond acceptors (Lipinski definition) is 2. The molecule has 92 valence electrons. The molecule has 0 aliphatic heterocycles. The maximum Gasteiger partial charge on any atom is 0.310 e. The summed E-state index contributed by atoms with van der Waals surface area (Å²) in [4.78, 5) is 25.8. The first-order valence-electron chi connectivity index (χ1n) is 5.60. The van der Waals surface area contributed by atoms with Crippen LogP contribution in [0.2, 0.25) is 0 Å². The van der Waals surface area contributed by atoms with E-state index in [9.17, 15) is 9.59 Å². The van der Waals surface area contributed by atoms with Crippen molar-refractivity contribution in [2.45, 2.75) is 12.8 Å². The van der Waals surface area contributed by atoms with Crippen molar-refractivity contribution in [3.05, 3.63) is 59.4 Å². The molecule has 0 bridgehead atoms. The van der Waals surface area contributed by atoms with E-state index < -0.39 is 11.9 Å². The van der Waals surface area contributed by atoms with Crippen LogP contribution in [0, 0.1) is 0 Å². The van der Waals surface area contributed by atoms with E-state index in [1.54, 1.807) is 49.5 Å². The summed E-state index contributed by atoms with van der Waals surface area (Å²) in [6, 6.07) is 10.2. The fraction of sp³-hybridized carbons (Fsp3) is 0.143. The van der Waals surface area contributed by atoms with Crippen LogP contribution in [0.1, 0.15) is 34.5 Å². The number of aromatic nitrogens is 1. The second-order valence-electron chi connectivity index (χ2n) is 4.10. The molecule has 18 heavy (non-hydrogen) atoms. The molecular formula is C14H13NO3. The summed E-state index contributed by atoms with van der Waals surface area (Å²) in [6.07, 6.45) is 1.68. The third kappa shape index (κ3) is 2.32. The van der Waals surface area contributed by atoms with Gasteiger partial charge in [0.1, 0.15) is 0 Å². The fourth-order valence-corrected chi connectivity index (χ4v) is 1.72. The summed E-state index contributed by atoms with van der Waals surface area (Å²) in [5.74, 6) is -1.67. The van der Waals surface area contributed by atoms with Crippen LogP contribution < -0.4 is 0 Å². The molecule has 0 spiro atoms. The number of nitrogens with one attached hydrogen (secondary N) is 1. The molecule has 2 aromatic rings. The molecule has 2 N–H and O–H groups in total. The van der Waals surface area contributed by atoms with Crippen LogP contribution in [0.15, 0.2) is 42.6 Å². The lowest BCUT2D eigenvalue weighted by Crippen LogP contribution is -2.09. The lowest BCUT2D eigenvalue weighted by atomic mass is 9.97. The van der Waals surface area contributed by atoms with Gasteiger partial charge in [0.25, 0.3) is 0 Å². The molecule has 1 aromatic heterocycles. The Kier molecular flexibility index (Phi) is 3.28. The van der Waals surface area contributed by atoms with Crippen molar-refractivity contribution in [2.24, 2.45) is 0 Å². The van der Waals surface area contributed by atoms with E-state index >= 15 is 0 Å². The second kappa shape index (κ2) is 4.87. The molecular weight excluding hydrogens is 230 g/mol. The summed E-state index contributed by atoms with van der Waals surface area (Å²) in [6.45, 7) is 1.60. The molecule has 1 unspecified atom stereocenters. The molecule has 2 rings (SSSR count). The van der Waals surface area contributed by atoms with Gasteiger partial charge in [-0.1, -0.05) is 18.2 Å². The first-order valence-corrected chi connectivity index (χ1v) is 5.60. The summed E-state index contributed by atoms with van der Waals surface area (Å²) in [5, 5.41) is 8.96. The highest BCUT2D eigenvalue weighted by Crippen LogP contribution is 2.18. The van der Waals surface area contributed by atoms with E-state index in [0.29, 0.717) is 16.8 Å². The van der Waals surface area contributed by atoms with E-state index in [0.717, 1.165) is 0 Å². The normalized spacial score (nSPS) is 12.1. The molecule has 1 heterocycles. The Hall–Kier alpha value is -2.36. The molecule has 0 aliphatic rings. The Morgan fingerprint density at radius 1 is 1.22 bits per heavy atom. The molecule has 1 atom stereocenters. The van der Waals surface area contributed by atoms with Crippen LogP contribution in [0.3, 0.4) is 0 Å². The number of H-pyrrole nitrogens is 1. The Bertz CT molecular complexity index is 572. The highest BCUT2D eigenvalue weighted by molar-refractivity contribution is 6.07. The molecule has 4 nitrogen and oxygen atoms in total. The van der Waals surface area contributed by atoms with Gasteiger partial charge >= 0.3 is 5.97 Å². The number of rotatable bonds is 4. The van der Waals surface area contributed by atoms with Crippen LogP contribution in [-0.4, -0.2) is 21.8 Å². The highest BCUT2D eigenvalue weighted by atomic mass is 16.4. The summed E-state index contributed by atoms with van der Waals surface area (Å²) < 4.78 is 0. The number of aliphatic carboxylic acids is 1. The molecule has 0 saturated heterocycles. The molecule has 0 fully saturated rings. The van der Waals surface area contributed by atoms with Crippen molar-refractivity contribution in [2.75, 3.05) is 0 Å². The largest absolute Gasteiger partial charge is 0.481 e. The van der Waals surface area contributed by atoms with Gasteiger partial charge in [-0.2, -0.15) is 0 Å². The Morgan fingerprint density at radius 3 is 2.61 bits per heavy atom. The zero-order valence-electron chi connectivity index (χ0n) is 9.88. The van der Waals surface area contributed by atoms with Gasteiger partial charge in [-0.05, 0) is 30.7 Å². The number of carboxylic acid groups (broad SMARTS) is 1. The van der Waals surface area contributed by atoms with E-state index in [-0.39, 0.29) is 5.78 Å². The molecule has 0 saturated carbocycles. The third-order valence-corrected chi connectivity index (χ3v) is 2.86. The van der Waals surface area contributed by atoms with Gasteiger partial charge in [-0.3, -0.25) is 9.59 Å². The number of ketones is 1. The fourth-order valence-electron chi connectivity index (χ4n) is 1.72. The summed E-state index contributed by atoms with van der Waals surface area (Å²) in [5.41, 5.74) is 1.61. The first kappa shape index (κ1) is 12.1. The zero-order chi connectivity index (χ0) is 13.1. The number of carboxylic acids is 1. The summed E-state index contributed by atoms with van der Waals surface area (Å²) >= 11 is 0. The molecule has 0 aliphatic carbocycles. The van der Waals surface area contributed by atoms with Gasteiger partial charge < -0.3 is 10.1 Å². The number of benzene rings is 1. The minimum Gasteiger partial charge on any atom is -0.481 e. The van der Waals surface area contributed by atoms with Crippen molar-refractivity contribution in [3.63, 3.8) is 0 Å². The van der Waals surface area contributed by atoms with Gasteiger partial charge in [0, 0.05) is 11.8 Å². The van der Waals surface area contributed by atoms with Crippen LogP contribution >= 0.6 is 0 Å². The van der Waals surface area contributed by atoms with Gasteiger partial charge in [0.15, 0.2) is 0 Å². The average molecular weight is 243 g/mol. The third-order valence-electron chi connectivity index (χ3n) is 2.86. The predicted molar refractivity (Wildman–Crippen MR) is 66.7 cm³/mol. The van der Waals surface area contributed by atoms with Crippen molar-refractivity contribution < 1.29 is 14.7 Å². The maximum absolute atomic E-state index is 12.1. The average Bonchev–Trinajstić information content (AvgIpc) is 2.91. The van der Waals surface area contributed by atoms with Crippen molar-refractivity contribution in [3.8, 4) is 0 Å². The van der Waals surface area contributed by atoms with Crippen LogP contribution in [-0.2, 0) is 4.79 Å². The maximum atomic E-state index is 12.1. The SMILES string of the molecule is CC(C(=O)O)c1cccc(C(=O)c2ccc[nH]2)c1. The van der Waals surface area contributed by atoms with Gasteiger partial charge in [0.2, 0.25) is 5.78 Å². The standard InChI is InChI=1S/C14H13NO3/c1-9(14(17)18)10-4-2-5-11(8-10)13(16)12-6-3-7-15-12/h2-9,15H,1H3,(H,17,18). The first-order chi connectivity index (χ1) is 8.59. The lowest BCUT2D eigenvalue weighted by Gasteiger charge is -2.07. The number of aromatic amines is 1. The molecule has 1 aromatic carbocycles. The van der Waals surface area contributed by atoms with Crippen molar-refractivity contribution >= 4 is 11.8 Å². The van der Waals surface area contributed by atoms with Crippen LogP contribution in [0.4, 0.5) is 0 Å². The second-order valence-corrected chi connectivity index (χ2v) is 4.10. The number of hydrogen-bond donors (Lipinski definition) is 2. The minimum atomic E-state index is -0.903. The minimum absolute atomic E-state index is 0.139. The van der Waals surface area contributed by atoms with Gasteiger partial charge in [0.05, 0.1) is 11.6 Å². The Balaban J connectivity index is 2.33. The van der Waals surface area contributed by atoms with E-state index in [2.05, 4.69) is 4.98 Å². The molecule has 0 amide bonds. The predicted octanol–water partition coefficient (Wildman–Crippen LogP) is 2.43. The molecule has 4 heteroatoms. The van der Waals surface area contributed by atoms with Crippen molar-refractivity contribution in [1.29, 1.82) is 0 Å². The summed E-state index contributed by atoms with van der Waals surface area (Å²) in [7, 11) is 0. The smallest absolute Gasteiger partial charge is 0.310 e. The highest BCUT2D eigenvalue weighted by Gasteiger charge is 2.16. The Morgan fingerprint density at radius 2 is 2.00 bits per heavy atom. The van der Waals surface area contributed by atoms with Crippen LogP contribution in [0.25, 0.3) is 0 Å². The quantitative estimate of drug-likeness (QED) is 0.810. The van der Waals surface area contributed by atoms with Gasteiger partial charge in [-0.25, -0.2) is 0 Å². The van der Waals surface area contributed by atoms with E-state index in [1.165, 1.54) is 0 Å². The molecule has 0 radical (unpaired) electrons.